The largest absolute Gasteiger partial charge is 0.447 e. The van der Waals surface area contributed by atoms with Gasteiger partial charge in [-0.1, -0.05) is 62.7 Å². The Morgan fingerprint density at radius 3 is 2.56 bits per heavy atom. The molecule has 2 heterocycles. The zero-order chi connectivity index (χ0) is 36.4. The van der Waals surface area contributed by atoms with Crippen molar-refractivity contribution in [2.75, 3.05) is 13.2 Å². The third kappa shape index (κ3) is 7.57. The van der Waals surface area contributed by atoms with Crippen molar-refractivity contribution in [3.8, 4) is 5.69 Å². The number of guanidine groups is 1. The fraction of sp³-hybridized carbons (Fsp3) is 0.412. The predicted octanol–water partition coefficient (Wildman–Crippen LogP) is 5.47. The van der Waals surface area contributed by atoms with E-state index in [0.717, 1.165) is 23.9 Å². The second-order valence-corrected chi connectivity index (χ2v) is 13.8. The first-order valence-electron chi connectivity index (χ1n) is 16.1. The van der Waals surface area contributed by atoms with Crippen LogP contribution in [0.5, 0.6) is 0 Å². The smallest absolute Gasteiger partial charge is 0.407 e. The number of ether oxygens (including phenoxy) is 1. The number of benzene rings is 2. The Kier molecular flexibility index (Phi) is 10.5. The molecule has 5 rings (SSSR count). The van der Waals surface area contributed by atoms with Crippen LogP contribution in [0, 0.1) is 5.41 Å². The molecule has 266 valence electrons. The zero-order valence-corrected chi connectivity index (χ0v) is 29.1. The third-order valence-electron chi connectivity index (χ3n) is 8.32. The second kappa shape index (κ2) is 14.4. The molecule has 3 aromatic rings. The van der Waals surface area contributed by atoms with Gasteiger partial charge in [-0.3, -0.25) is 14.7 Å². The third-order valence-corrected chi connectivity index (χ3v) is 8.64. The van der Waals surface area contributed by atoms with Crippen molar-refractivity contribution < 1.29 is 23.1 Å². The highest BCUT2D eigenvalue weighted by molar-refractivity contribution is 6.32. The Balaban J connectivity index is 1.57. The number of aliphatic imine (C=N–C) groups is 1. The van der Waals surface area contributed by atoms with Crippen molar-refractivity contribution in [2.45, 2.75) is 71.0 Å². The lowest BCUT2D eigenvalue weighted by Gasteiger charge is -2.35. The van der Waals surface area contributed by atoms with E-state index in [1.54, 1.807) is 48.5 Å². The van der Waals surface area contributed by atoms with E-state index in [4.69, 9.17) is 32.8 Å². The Labute approximate surface area is 294 Å². The van der Waals surface area contributed by atoms with Gasteiger partial charge in [-0.05, 0) is 60.4 Å². The summed E-state index contributed by atoms with van der Waals surface area (Å²) in [4.78, 5) is 37.1. The number of rotatable bonds is 13. The van der Waals surface area contributed by atoms with Crippen molar-refractivity contribution in [3.05, 3.63) is 82.5 Å². The van der Waals surface area contributed by atoms with E-state index in [-0.39, 0.29) is 35.7 Å². The van der Waals surface area contributed by atoms with E-state index in [1.165, 1.54) is 17.0 Å². The molecule has 50 heavy (non-hydrogen) atoms. The molecular formula is C34H41ClF2N10O3. The Morgan fingerprint density at radius 2 is 1.96 bits per heavy atom. The fourth-order valence-electron chi connectivity index (χ4n) is 5.98. The SMILES string of the molecule is C=NN(/C=C(\N)c1ccc([C@@]2(CC(C)(C)C)N=C(N)N(C(COC(=O)NCC)c3ccc(Cl)c(-n4ncnc4C(F)F)c3)C2=O)cc1)C1CC1. The maximum atomic E-state index is 14.9. The number of carbonyl (C=O) groups is 2. The lowest BCUT2D eigenvalue weighted by atomic mass is 9.75. The number of halogens is 3. The average Bonchev–Trinajstić information content (AvgIpc) is 3.73. The van der Waals surface area contributed by atoms with Crippen molar-refractivity contribution in [2.24, 2.45) is 27.0 Å². The van der Waals surface area contributed by atoms with Gasteiger partial charge in [0.15, 0.2) is 17.3 Å². The number of hydrogen-bond acceptors (Lipinski definition) is 10. The number of nitrogens with zero attached hydrogens (tertiary/aromatic N) is 7. The molecule has 16 heteroatoms. The standard InChI is InChI=1S/C34H41ClF2N10O3/c1-6-41-32(49)50-17-27(21-9-14-24(35)26(15-21)47-29(28(36)37)42-19-43-47)46-30(48)34(44-31(46)39,18-33(2,3)4)22-10-7-20(8-11-22)25(38)16-45(40-5)23-12-13-23/h7-11,14-16,19,23,27-28H,5-6,12-13,17-18,38H2,1-4H3,(H2,39,44)(H,41,49)/b25-16-/t27?,34-/m1/s1. The highest BCUT2D eigenvalue weighted by Gasteiger charge is 2.53. The van der Waals surface area contributed by atoms with Crippen LogP contribution in [-0.4, -0.2) is 68.5 Å². The van der Waals surface area contributed by atoms with Crippen molar-refractivity contribution in [3.63, 3.8) is 0 Å². The van der Waals surface area contributed by atoms with Crippen molar-refractivity contribution >= 4 is 42.0 Å². The highest BCUT2D eigenvalue weighted by atomic mass is 35.5. The van der Waals surface area contributed by atoms with Crippen LogP contribution in [0.25, 0.3) is 11.4 Å². The molecule has 1 aliphatic carbocycles. The summed E-state index contributed by atoms with van der Waals surface area (Å²) in [7, 11) is 0. The monoisotopic (exact) mass is 710 g/mol. The Morgan fingerprint density at radius 1 is 1.26 bits per heavy atom. The van der Waals surface area contributed by atoms with Crippen LogP contribution in [-0.2, 0) is 15.1 Å². The summed E-state index contributed by atoms with van der Waals surface area (Å²) in [6.07, 6.45) is 1.36. The number of alkyl halides is 2. The molecule has 1 unspecified atom stereocenters. The lowest BCUT2D eigenvalue weighted by Crippen LogP contribution is -2.47. The lowest BCUT2D eigenvalue weighted by molar-refractivity contribution is -0.135. The molecule has 2 aliphatic rings. The molecule has 0 saturated heterocycles. The summed E-state index contributed by atoms with van der Waals surface area (Å²) < 4.78 is 34.0. The number of alkyl carbamates (subject to hydrolysis) is 1. The molecular weight excluding hydrogens is 670 g/mol. The minimum atomic E-state index is -2.94. The number of aromatic nitrogens is 3. The average molecular weight is 711 g/mol. The van der Waals surface area contributed by atoms with Crippen LogP contribution in [0.15, 0.2) is 65.1 Å². The molecule has 1 saturated carbocycles. The van der Waals surface area contributed by atoms with Crippen LogP contribution < -0.4 is 16.8 Å². The molecule has 13 nitrogen and oxygen atoms in total. The molecule has 2 amide bonds. The topological polar surface area (TPSA) is 169 Å². The van der Waals surface area contributed by atoms with E-state index < -0.39 is 41.2 Å². The second-order valence-electron chi connectivity index (χ2n) is 13.3. The van der Waals surface area contributed by atoms with Gasteiger partial charge in [0.25, 0.3) is 12.3 Å². The summed E-state index contributed by atoms with van der Waals surface area (Å²) in [6.45, 7) is 11.3. The number of nitrogens with one attached hydrogen (secondary N) is 1. The number of carbonyl (C=O) groups excluding carboxylic acids is 2. The molecule has 0 bridgehead atoms. The van der Waals surface area contributed by atoms with Gasteiger partial charge in [0.2, 0.25) is 0 Å². The van der Waals surface area contributed by atoms with Gasteiger partial charge in [0.05, 0.1) is 28.5 Å². The number of nitrogens with two attached hydrogens (primary N) is 2. The van der Waals surface area contributed by atoms with Crippen LogP contribution in [0.4, 0.5) is 13.6 Å². The van der Waals surface area contributed by atoms with Crippen LogP contribution >= 0.6 is 11.6 Å². The van der Waals surface area contributed by atoms with Gasteiger partial charge in [-0.2, -0.15) is 10.2 Å². The Bertz CT molecular complexity index is 1800. The van der Waals surface area contributed by atoms with E-state index in [9.17, 15) is 18.4 Å². The molecule has 1 aliphatic heterocycles. The normalized spacial score (nSPS) is 18.6. The van der Waals surface area contributed by atoms with Gasteiger partial charge in [-0.15, -0.1) is 0 Å². The highest BCUT2D eigenvalue weighted by Crippen LogP contribution is 2.45. The molecule has 2 atom stereocenters. The maximum absolute atomic E-state index is 14.9. The van der Waals surface area contributed by atoms with E-state index in [0.29, 0.717) is 28.9 Å². The summed E-state index contributed by atoms with van der Waals surface area (Å²) >= 11 is 6.46. The van der Waals surface area contributed by atoms with Gasteiger partial charge in [0.1, 0.15) is 12.9 Å². The summed E-state index contributed by atoms with van der Waals surface area (Å²) in [6, 6.07) is 11.0. The van der Waals surface area contributed by atoms with Gasteiger partial charge >= 0.3 is 6.09 Å². The van der Waals surface area contributed by atoms with E-state index in [1.807, 2.05) is 20.8 Å². The Hall–Kier alpha value is -5.05. The van der Waals surface area contributed by atoms with E-state index >= 15 is 0 Å². The van der Waals surface area contributed by atoms with Crippen molar-refractivity contribution in [1.29, 1.82) is 0 Å². The summed E-state index contributed by atoms with van der Waals surface area (Å²) in [5.41, 5.74) is 13.4. The summed E-state index contributed by atoms with van der Waals surface area (Å²) in [5.74, 6) is -1.21. The minimum Gasteiger partial charge on any atom is -0.447 e. The first kappa shape index (κ1) is 36.2. The van der Waals surface area contributed by atoms with Gasteiger partial charge in [-0.25, -0.2) is 28.2 Å². The zero-order valence-electron chi connectivity index (χ0n) is 28.3. The van der Waals surface area contributed by atoms with Crippen LogP contribution in [0.2, 0.25) is 5.02 Å². The molecule has 0 spiro atoms. The molecule has 0 radical (unpaired) electrons. The number of amides is 2. The number of hydrogen-bond donors (Lipinski definition) is 3. The predicted molar refractivity (Wildman–Crippen MR) is 186 cm³/mol. The van der Waals surface area contributed by atoms with Gasteiger partial charge < -0.3 is 21.5 Å². The molecule has 5 N–H and O–H groups in total. The molecule has 1 fully saturated rings. The number of hydrazone groups is 1. The maximum Gasteiger partial charge on any atom is 0.407 e. The molecule has 1 aromatic heterocycles. The first-order chi connectivity index (χ1) is 23.7. The summed E-state index contributed by atoms with van der Waals surface area (Å²) in [5, 5.41) is 12.4. The first-order valence-corrected chi connectivity index (χ1v) is 16.5. The van der Waals surface area contributed by atoms with Crippen LogP contribution in [0.3, 0.4) is 0 Å². The van der Waals surface area contributed by atoms with Crippen molar-refractivity contribution in [1.82, 2.24) is 30.0 Å². The van der Waals surface area contributed by atoms with E-state index in [2.05, 4.69) is 27.2 Å². The fourth-order valence-corrected chi connectivity index (χ4v) is 6.18. The molecule has 2 aromatic carbocycles. The minimum absolute atomic E-state index is 0.0798. The van der Waals surface area contributed by atoms with Crippen LogP contribution in [0.1, 0.15) is 81.9 Å². The quantitative estimate of drug-likeness (QED) is 0.155. The van der Waals surface area contributed by atoms with Gasteiger partial charge in [0, 0.05) is 19.5 Å².